The summed E-state index contributed by atoms with van der Waals surface area (Å²) in [6.45, 7) is 18.4. The fourth-order valence-electron chi connectivity index (χ4n) is 2.09. The molecule has 0 aromatic heterocycles. The molecular weight excluding hydrogens is 228 g/mol. The summed E-state index contributed by atoms with van der Waals surface area (Å²) in [5, 5.41) is 0. The van der Waals surface area contributed by atoms with Crippen LogP contribution in [-0.4, -0.2) is 0 Å². The van der Waals surface area contributed by atoms with Crippen molar-refractivity contribution in [2.24, 2.45) is 23.7 Å². The van der Waals surface area contributed by atoms with Crippen molar-refractivity contribution in [3.05, 3.63) is 0 Å². The van der Waals surface area contributed by atoms with E-state index in [2.05, 4.69) is 55.4 Å². The van der Waals surface area contributed by atoms with Crippen LogP contribution in [0, 0.1) is 23.7 Å². The molecule has 0 nitrogen and oxygen atoms in total. The molecule has 1 unspecified atom stereocenters. The zero-order chi connectivity index (χ0) is 15.3. The predicted octanol–water partition coefficient (Wildman–Crippen LogP) is 7.33. The zero-order valence-electron chi connectivity index (χ0n) is 15.3. The van der Waals surface area contributed by atoms with E-state index in [-0.39, 0.29) is 0 Å². The van der Waals surface area contributed by atoms with Gasteiger partial charge < -0.3 is 0 Å². The second-order valence-electron chi connectivity index (χ2n) is 7.14. The first-order chi connectivity index (χ1) is 8.87. The quantitative estimate of drug-likeness (QED) is 0.411. The third kappa shape index (κ3) is 18.0. The van der Waals surface area contributed by atoms with Crippen molar-refractivity contribution in [3.63, 3.8) is 0 Å². The van der Waals surface area contributed by atoms with Gasteiger partial charge in [-0.25, -0.2) is 0 Å². The zero-order valence-corrected chi connectivity index (χ0v) is 15.3. The van der Waals surface area contributed by atoms with Gasteiger partial charge in [-0.2, -0.15) is 0 Å². The number of rotatable bonds is 9. The molecule has 0 aromatic rings. The van der Waals surface area contributed by atoms with Crippen LogP contribution in [0.15, 0.2) is 0 Å². The predicted molar refractivity (Wildman–Crippen MR) is 91.7 cm³/mol. The molecule has 118 valence electrons. The second kappa shape index (κ2) is 14.4. The van der Waals surface area contributed by atoms with E-state index in [1.165, 1.54) is 44.9 Å². The van der Waals surface area contributed by atoms with Crippen LogP contribution < -0.4 is 0 Å². The van der Waals surface area contributed by atoms with Gasteiger partial charge in [-0.15, -0.1) is 0 Å². The lowest BCUT2D eigenvalue weighted by atomic mass is 9.92. The van der Waals surface area contributed by atoms with Crippen molar-refractivity contribution in [1.82, 2.24) is 0 Å². The molecule has 0 fully saturated rings. The summed E-state index contributed by atoms with van der Waals surface area (Å²) in [6.07, 6.45) is 9.74. The Labute approximate surface area is 124 Å². The normalized spacial score (nSPS) is 12.8. The molecule has 19 heavy (non-hydrogen) atoms. The van der Waals surface area contributed by atoms with Crippen LogP contribution in [0.5, 0.6) is 0 Å². The van der Waals surface area contributed by atoms with E-state index >= 15 is 0 Å². The molecule has 0 saturated carbocycles. The molecule has 0 aromatic carbocycles. The minimum atomic E-state index is 0.886. The van der Waals surface area contributed by atoms with Gasteiger partial charge in [-0.05, 0) is 23.7 Å². The fraction of sp³-hybridized carbons (Fsp3) is 1.00. The summed E-state index contributed by atoms with van der Waals surface area (Å²) >= 11 is 0. The summed E-state index contributed by atoms with van der Waals surface area (Å²) < 4.78 is 0. The summed E-state index contributed by atoms with van der Waals surface area (Å²) in [7, 11) is 0. The molecule has 0 aliphatic rings. The van der Waals surface area contributed by atoms with E-state index in [0.29, 0.717) is 0 Å². The van der Waals surface area contributed by atoms with Gasteiger partial charge in [0, 0.05) is 0 Å². The van der Waals surface area contributed by atoms with Gasteiger partial charge in [-0.1, -0.05) is 100 Å². The monoisotopic (exact) mass is 270 g/mol. The molecule has 0 bridgehead atoms. The maximum Gasteiger partial charge on any atom is -0.0419 e. The van der Waals surface area contributed by atoms with Crippen LogP contribution in [0.1, 0.15) is 100 Å². The summed E-state index contributed by atoms with van der Waals surface area (Å²) in [5.74, 6) is 3.70. The molecular formula is C19H42. The Morgan fingerprint density at radius 2 is 0.947 bits per heavy atom. The molecule has 1 atom stereocenters. The smallest absolute Gasteiger partial charge is 0.0419 e. The van der Waals surface area contributed by atoms with Gasteiger partial charge in [0.15, 0.2) is 0 Å². The van der Waals surface area contributed by atoms with E-state index < -0.39 is 0 Å². The van der Waals surface area contributed by atoms with Crippen LogP contribution in [0.4, 0.5) is 0 Å². The molecule has 0 heterocycles. The third-order valence-electron chi connectivity index (χ3n) is 4.24. The molecule has 0 radical (unpaired) electrons. The first kappa shape index (κ1) is 21.3. The Morgan fingerprint density at radius 1 is 0.526 bits per heavy atom. The average Bonchev–Trinajstić information content (AvgIpc) is 2.38. The SMILES string of the molecule is CC(C)CCC(C)C.CCC(C)CCC(CC)CC. The minimum Gasteiger partial charge on any atom is -0.0651 e. The highest BCUT2D eigenvalue weighted by Gasteiger charge is 2.05. The molecule has 0 rings (SSSR count). The van der Waals surface area contributed by atoms with E-state index in [9.17, 15) is 0 Å². The molecule has 0 aliphatic carbocycles. The Balaban J connectivity index is 0. The van der Waals surface area contributed by atoms with Gasteiger partial charge in [0.25, 0.3) is 0 Å². The van der Waals surface area contributed by atoms with Gasteiger partial charge >= 0.3 is 0 Å². The van der Waals surface area contributed by atoms with Gasteiger partial charge in [-0.3, -0.25) is 0 Å². The van der Waals surface area contributed by atoms with Crippen molar-refractivity contribution in [2.75, 3.05) is 0 Å². The fourth-order valence-corrected chi connectivity index (χ4v) is 2.09. The van der Waals surface area contributed by atoms with Crippen molar-refractivity contribution in [2.45, 2.75) is 100 Å². The topological polar surface area (TPSA) is 0 Å². The minimum absolute atomic E-state index is 0.886. The highest BCUT2D eigenvalue weighted by Crippen LogP contribution is 2.19. The molecule has 0 saturated heterocycles. The highest BCUT2D eigenvalue weighted by atomic mass is 14.1. The van der Waals surface area contributed by atoms with Crippen LogP contribution in [0.25, 0.3) is 0 Å². The average molecular weight is 271 g/mol. The van der Waals surface area contributed by atoms with E-state index in [0.717, 1.165) is 23.7 Å². The van der Waals surface area contributed by atoms with Crippen molar-refractivity contribution in [3.8, 4) is 0 Å². The number of hydrogen-bond acceptors (Lipinski definition) is 0. The van der Waals surface area contributed by atoms with Crippen LogP contribution >= 0.6 is 0 Å². The Morgan fingerprint density at radius 3 is 1.21 bits per heavy atom. The molecule has 0 spiro atoms. The Bertz CT molecular complexity index is 145. The van der Waals surface area contributed by atoms with Gasteiger partial charge in [0.2, 0.25) is 0 Å². The summed E-state index contributed by atoms with van der Waals surface area (Å²) in [4.78, 5) is 0. The largest absolute Gasteiger partial charge is 0.0651 e. The number of hydrogen-bond donors (Lipinski definition) is 0. The first-order valence-electron chi connectivity index (χ1n) is 8.87. The van der Waals surface area contributed by atoms with Crippen LogP contribution in [-0.2, 0) is 0 Å². The van der Waals surface area contributed by atoms with Crippen molar-refractivity contribution in [1.29, 1.82) is 0 Å². The second-order valence-corrected chi connectivity index (χ2v) is 7.14. The van der Waals surface area contributed by atoms with Crippen LogP contribution in [0.3, 0.4) is 0 Å². The molecule has 0 heteroatoms. The maximum absolute atomic E-state index is 2.36. The Hall–Kier alpha value is 0. The van der Waals surface area contributed by atoms with E-state index in [1.54, 1.807) is 0 Å². The lowest BCUT2D eigenvalue weighted by Crippen LogP contribution is -2.00. The first-order valence-corrected chi connectivity index (χ1v) is 8.87. The maximum atomic E-state index is 2.36. The molecule has 0 aliphatic heterocycles. The van der Waals surface area contributed by atoms with Crippen LogP contribution in [0.2, 0.25) is 0 Å². The highest BCUT2D eigenvalue weighted by molar-refractivity contribution is 4.58. The lowest BCUT2D eigenvalue weighted by molar-refractivity contribution is 0.385. The van der Waals surface area contributed by atoms with Gasteiger partial charge in [0.1, 0.15) is 0 Å². The van der Waals surface area contributed by atoms with E-state index in [4.69, 9.17) is 0 Å². The summed E-state index contributed by atoms with van der Waals surface area (Å²) in [6, 6.07) is 0. The van der Waals surface area contributed by atoms with Gasteiger partial charge in [0.05, 0.1) is 0 Å². The standard InChI is InChI=1S/C11H24.C8H18/c1-5-10(4)8-9-11(6-2)7-3;1-7(2)5-6-8(3)4/h10-11H,5-9H2,1-4H3;7-8H,5-6H2,1-4H3. The Kier molecular flexibility index (Phi) is 16.2. The molecule has 0 N–H and O–H groups in total. The third-order valence-corrected chi connectivity index (χ3v) is 4.24. The van der Waals surface area contributed by atoms with Crippen molar-refractivity contribution >= 4 is 0 Å². The summed E-state index contributed by atoms with van der Waals surface area (Å²) in [5.41, 5.74) is 0. The van der Waals surface area contributed by atoms with E-state index in [1.807, 2.05) is 0 Å². The molecule has 0 amide bonds. The van der Waals surface area contributed by atoms with Crippen molar-refractivity contribution < 1.29 is 0 Å². The lowest BCUT2D eigenvalue weighted by Gasteiger charge is -2.14.